The number of hydrogen-bond donors (Lipinski definition) is 1. The van der Waals surface area contributed by atoms with Crippen LogP contribution in [0.1, 0.15) is 45.3 Å². The third-order valence-electron chi connectivity index (χ3n) is 2.66. The van der Waals surface area contributed by atoms with E-state index in [9.17, 15) is 5.11 Å². The molecule has 2 nitrogen and oxygen atoms in total. The summed E-state index contributed by atoms with van der Waals surface area (Å²) in [5.41, 5.74) is 0.903. The van der Waals surface area contributed by atoms with E-state index < -0.39 is 6.10 Å². The van der Waals surface area contributed by atoms with Crippen LogP contribution in [0.2, 0.25) is 0 Å². The highest BCUT2D eigenvalue weighted by molar-refractivity contribution is 5.29. The van der Waals surface area contributed by atoms with Gasteiger partial charge in [-0.15, -0.1) is 0 Å². The number of hydrogen-bond acceptors (Lipinski definition) is 2. The first kappa shape index (κ1) is 13.0. The molecule has 1 aromatic rings. The number of aliphatic hydroxyl groups excluding tert-OH is 1. The summed E-state index contributed by atoms with van der Waals surface area (Å²) >= 11 is 0. The maximum Gasteiger partial charge on any atom is 0.119 e. The quantitative estimate of drug-likeness (QED) is 0.797. The molecule has 0 fully saturated rings. The van der Waals surface area contributed by atoms with Gasteiger partial charge in [-0.2, -0.15) is 0 Å². The molecule has 0 radical (unpaired) electrons. The van der Waals surface area contributed by atoms with Gasteiger partial charge in [-0.3, -0.25) is 0 Å². The molecule has 2 heteroatoms. The molecule has 0 bridgehead atoms. The Hall–Kier alpha value is -1.02. The second kappa shape index (κ2) is 6.54. The van der Waals surface area contributed by atoms with Gasteiger partial charge in [-0.05, 0) is 37.0 Å². The lowest BCUT2D eigenvalue weighted by Gasteiger charge is -2.13. The van der Waals surface area contributed by atoms with Gasteiger partial charge in [0.05, 0.1) is 12.7 Å². The highest BCUT2D eigenvalue weighted by atomic mass is 16.5. The van der Waals surface area contributed by atoms with E-state index in [0.29, 0.717) is 5.92 Å². The minimum Gasteiger partial charge on any atom is -0.493 e. The molecule has 0 aliphatic heterocycles. The summed E-state index contributed by atoms with van der Waals surface area (Å²) in [4.78, 5) is 0. The Morgan fingerprint density at radius 1 is 1.31 bits per heavy atom. The smallest absolute Gasteiger partial charge is 0.119 e. The second-order valence-electron chi connectivity index (χ2n) is 4.45. The third kappa shape index (κ3) is 4.23. The van der Waals surface area contributed by atoms with Gasteiger partial charge < -0.3 is 9.84 Å². The average molecular weight is 222 g/mol. The van der Waals surface area contributed by atoms with Crippen molar-refractivity contribution in [3.05, 3.63) is 29.8 Å². The zero-order chi connectivity index (χ0) is 12.0. The third-order valence-corrected chi connectivity index (χ3v) is 2.66. The van der Waals surface area contributed by atoms with Gasteiger partial charge in [0, 0.05) is 0 Å². The maximum atomic E-state index is 9.45. The summed E-state index contributed by atoms with van der Waals surface area (Å²) in [6.45, 7) is 6.89. The van der Waals surface area contributed by atoms with Crippen molar-refractivity contribution in [1.29, 1.82) is 0 Å². The molecule has 0 heterocycles. The summed E-state index contributed by atoms with van der Waals surface area (Å²) in [6, 6.07) is 7.67. The maximum absolute atomic E-state index is 9.45. The average Bonchev–Trinajstić information content (AvgIpc) is 2.27. The van der Waals surface area contributed by atoms with Gasteiger partial charge in [0.1, 0.15) is 5.75 Å². The molecule has 0 spiro atoms. The molecule has 90 valence electrons. The van der Waals surface area contributed by atoms with Crippen LogP contribution in [0.3, 0.4) is 0 Å². The lowest BCUT2D eigenvalue weighted by molar-refractivity contribution is 0.198. The molecule has 1 aromatic carbocycles. The minimum absolute atomic E-state index is 0.434. The van der Waals surface area contributed by atoms with Crippen LogP contribution in [-0.2, 0) is 0 Å². The Labute approximate surface area is 98.3 Å². The first-order valence-electron chi connectivity index (χ1n) is 6.04. The second-order valence-corrected chi connectivity index (χ2v) is 4.45. The standard InChI is InChI=1S/C14H22O2/c1-4-6-11(2)10-16-14-8-5-7-13(9-14)12(3)15/h5,7-9,11-12,15H,4,6,10H2,1-3H3. The van der Waals surface area contributed by atoms with E-state index in [1.54, 1.807) is 6.92 Å². The predicted molar refractivity (Wildman–Crippen MR) is 66.6 cm³/mol. The Morgan fingerprint density at radius 3 is 2.69 bits per heavy atom. The summed E-state index contributed by atoms with van der Waals surface area (Å²) in [7, 11) is 0. The van der Waals surface area contributed by atoms with Crippen LogP contribution in [0.5, 0.6) is 5.75 Å². The summed E-state index contributed by atoms with van der Waals surface area (Å²) in [5, 5.41) is 9.45. The molecule has 16 heavy (non-hydrogen) atoms. The van der Waals surface area contributed by atoms with Crippen molar-refractivity contribution in [1.82, 2.24) is 0 Å². The molecule has 0 saturated carbocycles. The highest BCUT2D eigenvalue weighted by Gasteiger charge is 2.04. The van der Waals surface area contributed by atoms with Crippen LogP contribution in [0.4, 0.5) is 0 Å². The fourth-order valence-corrected chi connectivity index (χ4v) is 1.68. The van der Waals surface area contributed by atoms with E-state index in [2.05, 4.69) is 13.8 Å². The van der Waals surface area contributed by atoms with E-state index in [1.807, 2.05) is 24.3 Å². The number of aliphatic hydroxyl groups is 1. The van der Waals surface area contributed by atoms with Gasteiger partial charge in [0.2, 0.25) is 0 Å². The van der Waals surface area contributed by atoms with Crippen molar-refractivity contribution >= 4 is 0 Å². The Balaban J connectivity index is 2.50. The van der Waals surface area contributed by atoms with Crippen molar-refractivity contribution in [2.45, 2.75) is 39.7 Å². The molecule has 2 atom stereocenters. The fraction of sp³-hybridized carbons (Fsp3) is 0.571. The molecule has 0 amide bonds. The Kier molecular flexibility index (Phi) is 5.33. The first-order valence-corrected chi connectivity index (χ1v) is 6.04. The fourth-order valence-electron chi connectivity index (χ4n) is 1.68. The van der Waals surface area contributed by atoms with Crippen LogP contribution < -0.4 is 4.74 Å². The van der Waals surface area contributed by atoms with Crippen molar-refractivity contribution in [2.24, 2.45) is 5.92 Å². The molecule has 0 aliphatic rings. The Morgan fingerprint density at radius 2 is 2.06 bits per heavy atom. The van der Waals surface area contributed by atoms with E-state index in [4.69, 9.17) is 4.74 Å². The molecule has 0 saturated heterocycles. The summed E-state index contributed by atoms with van der Waals surface area (Å²) in [6.07, 6.45) is 1.95. The molecular formula is C14H22O2. The molecule has 1 rings (SSSR count). The van der Waals surface area contributed by atoms with Crippen molar-refractivity contribution in [3.63, 3.8) is 0 Å². The highest BCUT2D eigenvalue weighted by Crippen LogP contribution is 2.19. The lowest BCUT2D eigenvalue weighted by atomic mass is 10.1. The molecule has 0 aliphatic carbocycles. The lowest BCUT2D eigenvalue weighted by Crippen LogP contribution is -2.08. The molecule has 1 N–H and O–H groups in total. The van der Waals surface area contributed by atoms with Crippen molar-refractivity contribution in [3.8, 4) is 5.75 Å². The number of ether oxygens (including phenoxy) is 1. The van der Waals surface area contributed by atoms with Gasteiger partial charge in [-0.25, -0.2) is 0 Å². The van der Waals surface area contributed by atoms with Gasteiger partial charge in [0.15, 0.2) is 0 Å². The zero-order valence-corrected chi connectivity index (χ0v) is 10.4. The largest absolute Gasteiger partial charge is 0.493 e. The van der Waals surface area contributed by atoms with E-state index in [0.717, 1.165) is 17.9 Å². The SMILES string of the molecule is CCCC(C)COc1cccc(C(C)O)c1. The van der Waals surface area contributed by atoms with Crippen LogP contribution >= 0.6 is 0 Å². The summed E-state index contributed by atoms with van der Waals surface area (Å²) < 4.78 is 5.70. The molecule has 2 unspecified atom stereocenters. The zero-order valence-electron chi connectivity index (χ0n) is 10.4. The van der Waals surface area contributed by atoms with E-state index in [-0.39, 0.29) is 0 Å². The predicted octanol–water partition coefficient (Wildman–Crippen LogP) is 3.55. The van der Waals surface area contributed by atoms with Crippen LogP contribution in [0, 0.1) is 5.92 Å². The van der Waals surface area contributed by atoms with Gasteiger partial charge in [0.25, 0.3) is 0 Å². The number of benzene rings is 1. The van der Waals surface area contributed by atoms with Gasteiger partial charge in [-0.1, -0.05) is 32.4 Å². The van der Waals surface area contributed by atoms with Gasteiger partial charge >= 0.3 is 0 Å². The van der Waals surface area contributed by atoms with E-state index >= 15 is 0 Å². The normalized spacial score (nSPS) is 14.5. The van der Waals surface area contributed by atoms with Crippen molar-refractivity contribution < 1.29 is 9.84 Å². The first-order chi connectivity index (χ1) is 7.63. The molecular weight excluding hydrogens is 200 g/mol. The number of rotatable bonds is 6. The summed E-state index contributed by atoms with van der Waals surface area (Å²) in [5.74, 6) is 1.43. The topological polar surface area (TPSA) is 29.5 Å². The van der Waals surface area contributed by atoms with Crippen LogP contribution in [-0.4, -0.2) is 11.7 Å². The minimum atomic E-state index is -0.434. The van der Waals surface area contributed by atoms with Crippen LogP contribution in [0.15, 0.2) is 24.3 Å². The van der Waals surface area contributed by atoms with Crippen molar-refractivity contribution in [2.75, 3.05) is 6.61 Å². The monoisotopic (exact) mass is 222 g/mol. The van der Waals surface area contributed by atoms with E-state index in [1.165, 1.54) is 12.8 Å². The molecule has 0 aromatic heterocycles. The Bertz CT molecular complexity index is 307. The van der Waals surface area contributed by atoms with Crippen LogP contribution in [0.25, 0.3) is 0 Å².